The molecular formula is C13H14N4O3S. The third kappa shape index (κ3) is 4.53. The van der Waals surface area contributed by atoms with Crippen molar-refractivity contribution in [2.75, 3.05) is 10.6 Å². The van der Waals surface area contributed by atoms with Gasteiger partial charge in [0.2, 0.25) is 0 Å². The number of carboxylic acids is 1. The van der Waals surface area contributed by atoms with E-state index >= 15 is 0 Å². The molecule has 0 aliphatic heterocycles. The van der Waals surface area contributed by atoms with Gasteiger partial charge < -0.3 is 10.4 Å². The first-order chi connectivity index (χ1) is 10.0. The molecule has 0 spiro atoms. The first-order valence-electron chi connectivity index (χ1n) is 6.21. The summed E-state index contributed by atoms with van der Waals surface area (Å²) in [5, 5.41) is 18.2. The zero-order chi connectivity index (χ0) is 15.2. The Morgan fingerprint density at radius 1 is 1.29 bits per heavy atom. The van der Waals surface area contributed by atoms with E-state index in [0.717, 1.165) is 17.1 Å². The molecule has 1 atom stereocenters. The van der Waals surface area contributed by atoms with Crippen molar-refractivity contribution in [1.82, 2.24) is 9.59 Å². The van der Waals surface area contributed by atoms with Crippen molar-refractivity contribution in [1.29, 1.82) is 0 Å². The van der Waals surface area contributed by atoms with E-state index in [1.54, 1.807) is 24.3 Å². The molecule has 8 heteroatoms. The van der Waals surface area contributed by atoms with E-state index in [1.807, 2.05) is 6.92 Å². The molecule has 2 aromatic rings. The lowest BCUT2D eigenvalue weighted by Crippen LogP contribution is -2.18. The smallest absolute Gasteiger partial charge is 0.324 e. The zero-order valence-electron chi connectivity index (χ0n) is 11.2. The predicted molar refractivity (Wildman–Crippen MR) is 79.7 cm³/mol. The molecule has 0 fully saturated rings. The van der Waals surface area contributed by atoms with Gasteiger partial charge in [0.05, 0.1) is 12.6 Å². The number of carbonyl (C=O) groups excluding carboxylic acids is 1. The van der Waals surface area contributed by atoms with Crippen LogP contribution in [0.25, 0.3) is 0 Å². The summed E-state index contributed by atoms with van der Waals surface area (Å²) in [5.41, 5.74) is 1.53. The average molecular weight is 306 g/mol. The molecule has 0 bridgehead atoms. The van der Waals surface area contributed by atoms with Crippen LogP contribution < -0.4 is 10.6 Å². The molecule has 2 rings (SSSR count). The quantitative estimate of drug-likeness (QED) is 0.788. The minimum Gasteiger partial charge on any atom is -0.481 e. The van der Waals surface area contributed by atoms with E-state index < -0.39 is 5.97 Å². The van der Waals surface area contributed by atoms with Crippen LogP contribution in [0, 0.1) is 0 Å². The Morgan fingerprint density at radius 2 is 2.00 bits per heavy atom. The molecule has 0 saturated carbocycles. The number of urea groups is 1. The monoisotopic (exact) mass is 306 g/mol. The number of hydrogen-bond acceptors (Lipinski definition) is 5. The standard InChI is InChI=1S/C13H14N4O3S/c1-8(6-12(18)19)9-2-4-10(5-3-9)15-13(20)16-11-7-14-17-21-11/h2-5,7-8H,6H2,1H3,(H,18,19)(H2,15,16,20). The molecule has 1 heterocycles. The summed E-state index contributed by atoms with van der Waals surface area (Å²) in [6, 6.07) is 6.69. The Bertz CT molecular complexity index is 613. The third-order valence-corrected chi connectivity index (χ3v) is 3.40. The van der Waals surface area contributed by atoms with Crippen LogP contribution in [-0.4, -0.2) is 26.7 Å². The molecule has 110 valence electrons. The highest BCUT2D eigenvalue weighted by Gasteiger charge is 2.10. The van der Waals surface area contributed by atoms with Gasteiger partial charge in [0, 0.05) is 17.2 Å². The van der Waals surface area contributed by atoms with Gasteiger partial charge in [-0.3, -0.25) is 10.1 Å². The minimum absolute atomic E-state index is 0.0750. The van der Waals surface area contributed by atoms with E-state index in [9.17, 15) is 9.59 Å². The molecule has 2 amide bonds. The number of carbonyl (C=O) groups is 2. The minimum atomic E-state index is -0.831. The molecule has 0 radical (unpaired) electrons. The Balaban J connectivity index is 1.92. The van der Waals surface area contributed by atoms with Crippen molar-refractivity contribution in [3.8, 4) is 0 Å². The lowest BCUT2D eigenvalue weighted by molar-refractivity contribution is -0.137. The van der Waals surface area contributed by atoms with Crippen LogP contribution >= 0.6 is 11.5 Å². The summed E-state index contributed by atoms with van der Waals surface area (Å²) in [5.74, 6) is -0.907. The molecule has 0 aliphatic rings. The van der Waals surface area contributed by atoms with Gasteiger partial charge in [0.15, 0.2) is 0 Å². The summed E-state index contributed by atoms with van der Waals surface area (Å²) >= 11 is 1.09. The fourth-order valence-corrected chi connectivity index (χ4v) is 2.19. The molecule has 1 aromatic carbocycles. The number of nitrogens with one attached hydrogen (secondary N) is 2. The lowest BCUT2D eigenvalue weighted by atomic mass is 9.98. The summed E-state index contributed by atoms with van der Waals surface area (Å²) in [6.45, 7) is 1.85. The fraction of sp³-hybridized carbons (Fsp3) is 0.231. The second-order valence-corrected chi connectivity index (χ2v) is 5.27. The number of nitrogens with zero attached hydrogens (tertiary/aromatic N) is 2. The van der Waals surface area contributed by atoms with E-state index in [2.05, 4.69) is 20.2 Å². The summed E-state index contributed by atoms with van der Waals surface area (Å²) < 4.78 is 3.64. The molecule has 0 saturated heterocycles. The Kier molecular flexibility index (Phi) is 4.83. The third-order valence-electron chi connectivity index (χ3n) is 2.82. The van der Waals surface area contributed by atoms with Gasteiger partial charge in [-0.2, -0.15) is 0 Å². The van der Waals surface area contributed by atoms with Crippen molar-refractivity contribution in [2.45, 2.75) is 19.3 Å². The zero-order valence-corrected chi connectivity index (χ0v) is 12.1. The molecular weight excluding hydrogens is 292 g/mol. The van der Waals surface area contributed by atoms with Crippen molar-refractivity contribution < 1.29 is 14.7 Å². The van der Waals surface area contributed by atoms with Gasteiger partial charge in [-0.25, -0.2) is 4.79 Å². The molecule has 1 unspecified atom stereocenters. The number of carboxylic acid groups (broad SMARTS) is 1. The first-order valence-corrected chi connectivity index (χ1v) is 6.99. The largest absolute Gasteiger partial charge is 0.481 e. The van der Waals surface area contributed by atoms with E-state index in [4.69, 9.17) is 5.11 Å². The van der Waals surface area contributed by atoms with Crippen LogP contribution in [0.1, 0.15) is 24.8 Å². The van der Waals surface area contributed by atoms with Gasteiger partial charge in [-0.15, -0.1) is 5.10 Å². The van der Waals surface area contributed by atoms with Crippen LogP contribution in [0.4, 0.5) is 15.5 Å². The van der Waals surface area contributed by atoms with Crippen molar-refractivity contribution in [2.24, 2.45) is 0 Å². The number of anilines is 2. The van der Waals surface area contributed by atoms with Crippen LogP contribution in [0.3, 0.4) is 0 Å². The van der Waals surface area contributed by atoms with Gasteiger partial charge in [0.1, 0.15) is 5.00 Å². The maximum atomic E-state index is 11.7. The Hall–Kier alpha value is -2.48. The highest BCUT2D eigenvalue weighted by Crippen LogP contribution is 2.21. The summed E-state index contributed by atoms with van der Waals surface area (Å²) in [6.07, 6.45) is 1.53. The highest BCUT2D eigenvalue weighted by atomic mass is 32.1. The molecule has 7 nitrogen and oxygen atoms in total. The van der Waals surface area contributed by atoms with Crippen LogP contribution in [0.15, 0.2) is 30.5 Å². The lowest BCUT2D eigenvalue weighted by Gasteiger charge is -2.10. The normalized spacial score (nSPS) is 11.7. The van der Waals surface area contributed by atoms with Crippen LogP contribution in [0.2, 0.25) is 0 Å². The fourth-order valence-electron chi connectivity index (χ4n) is 1.77. The van der Waals surface area contributed by atoms with Crippen molar-refractivity contribution in [3.05, 3.63) is 36.0 Å². The molecule has 0 aliphatic carbocycles. The molecule has 1 aromatic heterocycles. The molecule has 3 N–H and O–H groups in total. The maximum absolute atomic E-state index is 11.7. The number of amides is 2. The average Bonchev–Trinajstić information content (AvgIpc) is 2.91. The van der Waals surface area contributed by atoms with Gasteiger partial charge >= 0.3 is 12.0 Å². The highest BCUT2D eigenvalue weighted by molar-refractivity contribution is 7.10. The van der Waals surface area contributed by atoms with Gasteiger partial charge in [-0.1, -0.05) is 23.5 Å². The van der Waals surface area contributed by atoms with Crippen molar-refractivity contribution in [3.63, 3.8) is 0 Å². The van der Waals surface area contributed by atoms with E-state index in [1.165, 1.54) is 6.20 Å². The SMILES string of the molecule is CC(CC(=O)O)c1ccc(NC(=O)Nc2cnns2)cc1. The van der Waals surface area contributed by atoms with E-state index in [-0.39, 0.29) is 18.4 Å². The maximum Gasteiger partial charge on any atom is 0.324 e. The number of aromatic nitrogens is 2. The predicted octanol–water partition coefficient (Wildman–Crippen LogP) is 2.76. The van der Waals surface area contributed by atoms with Crippen LogP contribution in [0.5, 0.6) is 0 Å². The second-order valence-electron chi connectivity index (χ2n) is 4.48. The molecule has 21 heavy (non-hydrogen) atoms. The van der Waals surface area contributed by atoms with Crippen molar-refractivity contribution >= 4 is 34.2 Å². The van der Waals surface area contributed by atoms with Crippen LogP contribution in [-0.2, 0) is 4.79 Å². The first kappa shape index (κ1) is 14.9. The summed E-state index contributed by atoms with van der Waals surface area (Å²) in [4.78, 5) is 22.4. The Morgan fingerprint density at radius 3 is 2.57 bits per heavy atom. The number of hydrogen-bond donors (Lipinski definition) is 3. The van der Waals surface area contributed by atoms with Gasteiger partial charge in [-0.05, 0) is 23.6 Å². The van der Waals surface area contributed by atoms with Gasteiger partial charge in [0.25, 0.3) is 0 Å². The Labute approximate surface area is 125 Å². The second kappa shape index (κ2) is 6.80. The topological polar surface area (TPSA) is 104 Å². The number of rotatable bonds is 5. The number of benzene rings is 1. The number of aliphatic carboxylic acids is 1. The summed E-state index contributed by atoms with van der Waals surface area (Å²) in [7, 11) is 0. The van der Waals surface area contributed by atoms with E-state index in [0.29, 0.717) is 10.7 Å².